The molecule has 0 aliphatic carbocycles. The van der Waals surface area contributed by atoms with Crippen molar-refractivity contribution in [3.8, 4) is 11.5 Å². The molecule has 3 rings (SSSR count). The molecule has 1 fully saturated rings. The van der Waals surface area contributed by atoms with Crippen molar-refractivity contribution in [2.75, 3.05) is 33.0 Å². The van der Waals surface area contributed by atoms with Gasteiger partial charge in [-0.05, 0) is 18.1 Å². The molecule has 0 saturated carbocycles. The lowest BCUT2D eigenvalue weighted by Crippen LogP contribution is -2.45. The summed E-state index contributed by atoms with van der Waals surface area (Å²) in [5.74, 6) is 1.58. The lowest BCUT2D eigenvalue weighted by Gasteiger charge is -2.35. The van der Waals surface area contributed by atoms with Crippen molar-refractivity contribution in [1.82, 2.24) is 10.2 Å². The van der Waals surface area contributed by atoms with Gasteiger partial charge in [-0.15, -0.1) is 24.8 Å². The Morgan fingerprint density at radius 3 is 2.45 bits per heavy atom. The van der Waals surface area contributed by atoms with Crippen molar-refractivity contribution in [1.29, 1.82) is 0 Å². The van der Waals surface area contributed by atoms with Gasteiger partial charge in [-0.25, -0.2) is 0 Å². The van der Waals surface area contributed by atoms with Crippen molar-refractivity contribution in [2.45, 2.75) is 25.8 Å². The van der Waals surface area contributed by atoms with Gasteiger partial charge in [0.15, 0.2) is 11.5 Å². The fourth-order valence-corrected chi connectivity index (χ4v) is 3.27. The topological polar surface area (TPSA) is 33.7 Å². The van der Waals surface area contributed by atoms with Gasteiger partial charge < -0.3 is 14.8 Å². The minimum Gasteiger partial charge on any atom is -0.454 e. The summed E-state index contributed by atoms with van der Waals surface area (Å²) in [6.45, 7) is 6.73. The summed E-state index contributed by atoms with van der Waals surface area (Å²) < 4.78 is 10.9. The van der Waals surface area contributed by atoms with Crippen LogP contribution in [0.15, 0.2) is 12.1 Å². The summed E-state index contributed by atoms with van der Waals surface area (Å²) in [5, 5.41) is 4.18. The third kappa shape index (κ3) is 4.12. The first-order valence-corrected chi connectivity index (χ1v) is 7.71. The molecule has 0 amide bonds. The number of ether oxygens (including phenoxy) is 2. The molecule has 0 spiro atoms. The molecule has 1 atom stereocenters. The van der Waals surface area contributed by atoms with E-state index >= 15 is 0 Å². The normalized spacial score (nSPS) is 18.3. The summed E-state index contributed by atoms with van der Waals surface area (Å²) in [7, 11) is 0. The minimum absolute atomic E-state index is 0. The summed E-state index contributed by atoms with van der Waals surface area (Å²) in [6.07, 6.45) is 2.25. The van der Waals surface area contributed by atoms with Gasteiger partial charge in [-0.2, -0.15) is 0 Å². The number of nitrogens with one attached hydrogen (secondary N) is 1. The molecule has 126 valence electrons. The Kier molecular flexibility index (Phi) is 8.08. The van der Waals surface area contributed by atoms with Crippen LogP contribution in [0.2, 0.25) is 5.02 Å². The maximum atomic E-state index is 6.48. The number of fused-ring (bicyclic) bond motifs is 1. The lowest BCUT2D eigenvalue weighted by atomic mass is 9.99. The van der Waals surface area contributed by atoms with Gasteiger partial charge in [0.05, 0.1) is 0 Å². The first-order chi connectivity index (χ1) is 9.79. The van der Waals surface area contributed by atoms with Gasteiger partial charge in [0.25, 0.3) is 0 Å². The van der Waals surface area contributed by atoms with E-state index in [4.69, 9.17) is 21.1 Å². The molecule has 1 aromatic carbocycles. The Hall–Kier alpha value is -0.390. The highest BCUT2D eigenvalue weighted by molar-refractivity contribution is 6.31. The average molecular weight is 370 g/mol. The second kappa shape index (κ2) is 9.04. The predicted octanol–water partition coefficient (Wildman–Crippen LogP) is 3.66. The third-order valence-electron chi connectivity index (χ3n) is 4.01. The first kappa shape index (κ1) is 19.7. The van der Waals surface area contributed by atoms with Gasteiger partial charge in [-0.3, -0.25) is 4.90 Å². The van der Waals surface area contributed by atoms with E-state index in [9.17, 15) is 0 Å². The number of hydrogen-bond acceptors (Lipinski definition) is 4. The highest BCUT2D eigenvalue weighted by atomic mass is 35.5. The second-order valence-corrected chi connectivity index (χ2v) is 5.72. The van der Waals surface area contributed by atoms with Crippen molar-refractivity contribution >= 4 is 36.4 Å². The monoisotopic (exact) mass is 368 g/mol. The first-order valence-electron chi connectivity index (χ1n) is 7.33. The van der Waals surface area contributed by atoms with Crippen molar-refractivity contribution in [3.05, 3.63) is 22.7 Å². The Bertz CT molecular complexity index is 482. The molecular formula is C15H23Cl3N2O2. The van der Waals surface area contributed by atoms with E-state index in [-0.39, 0.29) is 24.8 Å². The van der Waals surface area contributed by atoms with E-state index in [1.165, 1.54) is 5.56 Å². The Labute approximate surface area is 149 Å². The summed E-state index contributed by atoms with van der Waals surface area (Å²) in [5.41, 5.74) is 1.17. The van der Waals surface area contributed by atoms with Crippen molar-refractivity contribution in [2.24, 2.45) is 0 Å². The predicted molar refractivity (Wildman–Crippen MR) is 94.2 cm³/mol. The molecule has 1 N–H and O–H groups in total. The van der Waals surface area contributed by atoms with Crippen molar-refractivity contribution < 1.29 is 9.47 Å². The fourth-order valence-electron chi connectivity index (χ4n) is 2.99. The molecule has 2 heterocycles. The molecule has 22 heavy (non-hydrogen) atoms. The molecule has 0 radical (unpaired) electrons. The molecule has 7 heteroatoms. The fraction of sp³-hybridized carbons (Fsp3) is 0.600. The number of rotatable bonds is 4. The number of piperazine rings is 1. The van der Waals surface area contributed by atoms with Gasteiger partial charge in [0, 0.05) is 43.3 Å². The Balaban J connectivity index is 0.00000121. The zero-order valence-corrected chi connectivity index (χ0v) is 15.0. The Morgan fingerprint density at radius 1 is 1.18 bits per heavy atom. The highest BCUT2D eigenvalue weighted by Gasteiger charge is 2.26. The highest BCUT2D eigenvalue weighted by Crippen LogP contribution is 2.41. The summed E-state index contributed by atoms with van der Waals surface area (Å²) in [6, 6.07) is 4.32. The van der Waals surface area contributed by atoms with Gasteiger partial charge in [-0.1, -0.05) is 24.9 Å². The van der Waals surface area contributed by atoms with Gasteiger partial charge >= 0.3 is 0 Å². The molecule has 2 aliphatic rings. The van der Waals surface area contributed by atoms with E-state index in [2.05, 4.69) is 23.2 Å². The zero-order chi connectivity index (χ0) is 13.9. The van der Waals surface area contributed by atoms with Crippen molar-refractivity contribution in [3.63, 3.8) is 0 Å². The SMILES string of the molecule is CCC[C@H](c1cc2c(cc1Cl)OCO2)N1CCNCC1.Cl.Cl. The van der Waals surface area contributed by atoms with Crippen LogP contribution in [0.5, 0.6) is 11.5 Å². The van der Waals surface area contributed by atoms with E-state index in [0.29, 0.717) is 12.8 Å². The largest absolute Gasteiger partial charge is 0.454 e. The van der Waals surface area contributed by atoms with Crippen LogP contribution in [-0.4, -0.2) is 37.9 Å². The van der Waals surface area contributed by atoms with Crippen LogP contribution < -0.4 is 14.8 Å². The minimum atomic E-state index is 0. The van der Waals surface area contributed by atoms with Crippen LogP contribution >= 0.6 is 36.4 Å². The smallest absolute Gasteiger partial charge is 0.231 e. The third-order valence-corrected chi connectivity index (χ3v) is 4.33. The van der Waals surface area contributed by atoms with Crippen LogP contribution in [0.1, 0.15) is 31.4 Å². The number of hydrogen-bond donors (Lipinski definition) is 1. The Morgan fingerprint density at radius 2 is 1.82 bits per heavy atom. The quantitative estimate of drug-likeness (QED) is 0.878. The van der Waals surface area contributed by atoms with Gasteiger partial charge in [0.1, 0.15) is 0 Å². The van der Waals surface area contributed by atoms with Crippen LogP contribution in [0.4, 0.5) is 0 Å². The van der Waals surface area contributed by atoms with E-state index in [1.54, 1.807) is 0 Å². The van der Waals surface area contributed by atoms with Crippen LogP contribution in [0.25, 0.3) is 0 Å². The molecule has 2 aliphatic heterocycles. The van der Waals surface area contributed by atoms with E-state index in [0.717, 1.165) is 55.5 Å². The van der Waals surface area contributed by atoms with Crippen LogP contribution in [0.3, 0.4) is 0 Å². The zero-order valence-electron chi connectivity index (χ0n) is 12.6. The second-order valence-electron chi connectivity index (χ2n) is 5.32. The molecule has 1 saturated heterocycles. The maximum absolute atomic E-state index is 6.48. The maximum Gasteiger partial charge on any atom is 0.231 e. The standard InChI is InChI=1S/C15H21ClN2O2.2ClH/c1-2-3-13(18-6-4-17-5-7-18)11-8-14-15(9-12(11)16)20-10-19-14;;/h8-9,13,17H,2-7,10H2,1H3;2*1H/t13-;;/m1../s1. The summed E-state index contributed by atoms with van der Waals surface area (Å²) >= 11 is 6.48. The summed E-state index contributed by atoms with van der Waals surface area (Å²) in [4.78, 5) is 2.52. The van der Waals surface area contributed by atoms with Gasteiger partial charge in [0.2, 0.25) is 6.79 Å². The molecular weight excluding hydrogens is 347 g/mol. The average Bonchev–Trinajstić information content (AvgIpc) is 2.92. The van der Waals surface area contributed by atoms with E-state index in [1.807, 2.05) is 6.07 Å². The number of nitrogens with zero attached hydrogens (tertiary/aromatic N) is 1. The number of halogens is 3. The van der Waals surface area contributed by atoms with Crippen LogP contribution in [0, 0.1) is 0 Å². The molecule has 4 nitrogen and oxygen atoms in total. The number of benzene rings is 1. The van der Waals surface area contributed by atoms with E-state index < -0.39 is 0 Å². The molecule has 0 bridgehead atoms. The molecule has 0 unspecified atom stereocenters. The molecule has 1 aromatic rings. The lowest BCUT2D eigenvalue weighted by molar-refractivity contribution is 0.163. The molecule has 0 aromatic heterocycles. The van der Waals surface area contributed by atoms with Crippen LogP contribution in [-0.2, 0) is 0 Å².